The number of rotatable bonds is 4. The number of nitrogens with one attached hydrogen (secondary N) is 2. The van der Waals surface area contributed by atoms with Crippen molar-refractivity contribution in [1.29, 1.82) is 0 Å². The highest BCUT2D eigenvalue weighted by atomic mass is 32.1. The largest absolute Gasteiger partial charge is 0.492 e. The minimum Gasteiger partial charge on any atom is -0.492 e. The van der Waals surface area contributed by atoms with Crippen LogP contribution < -0.4 is 15.4 Å². The molecule has 0 aromatic heterocycles. The van der Waals surface area contributed by atoms with Gasteiger partial charge in [0.25, 0.3) is 0 Å². The zero-order valence-electron chi connectivity index (χ0n) is 15.7. The van der Waals surface area contributed by atoms with Crippen LogP contribution in [0.3, 0.4) is 0 Å². The molecule has 0 atom stereocenters. The lowest BCUT2D eigenvalue weighted by atomic mass is 9.98. The molecule has 2 rings (SSSR count). The second-order valence-corrected chi connectivity index (χ2v) is 7.39. The van der Waals surface area contributed by atoms with Gasteiger partial charge in [0.1, 0.15) is 5.75 Å². The Hall–Kier alpha value is -1.29. The minimum atomic E-state index is 0.485. The van der Waals surface area contributed by atoms with Crippen molar-refractivity contribution in [2.24, 2.45) is 0 Å². The first kappa shape index (κ1) is 20.0. The van der Waals surface area contributed by atoms with Gasteiger partial charge in [0.15, 0.2) is 5.11 Å². The molecule has 0 saturated heterocycles. The van der Waals surface area contributed by atoms with Crippen LogP contribution in [-0.4, -0.2) is 17.8 Å². The third-order valence-corrected chi connectivity index (χ3v) is 5.10. The van der Waals surface area contributed by atoms with Gasteiger partial charge in [-0.2, -0.15) is 0 Å². The smallest absolute Gasteiger partial charge is 0.171 e. The summed E-state index contributed by atoms with van der Waals surface area (Å²) in [5.41, 5.74) is 0.940. The van der Waals surface area contributed by atoms with Crippen LogP contribution in [0.25, 0.3) is 0 Å². The first-order chi connectivity index (χ1) is 12.3. The molecule has 140 valence electrons. The van der Waals surface area contributed by atoms with Crippen molar-refractivity contribution in [1.82, 2.24) is 5.32 Å². The average Bonchev–Trinajstić information content (AvgIpc) is 2.59. The van der Waals surface area contributed by atoms with Gasteiger partial charge in [0.2, 0.25) is 0 Å². The summed E-state index contributed by atoms with van der Waals surface area (Å²) >= 11 is 5.57. The molecule has 0 aliphatic heterocycles. The van der Waals surface area contributed by atoms with Gasteiger partial charge in [-0.15, -0.1) is 0 Å². The second-order valence-electron chi connectivity index (χ2n) is 6.98. The molecule has 0 spiro atoms. The van der Waals surface area contributed by atoms with Gasteiger partial charge in [-0.25, -0.2) is 0 Å². The summed E-state index contributed by atoms with van der Waals surface area (Å²) in [6, 6.07) is 8.46. The van der Waals surface area contributed by atoms with Gasteiger partial charge in [0, 0.05) is 6.04 Å². The number of hydrogen-bond acceptors (Lipinski definition) is 2. The lowest BCUT2D eigenvalue weighted by molar-refractivity contribution is 0.342. The average molecular weight is 363 g/mol. The van der Waals surface area contributed by atoms with Gasteiger partial charge in [-0.05, 0) is 44.1 Å². The molecule has 1 aliphatic rings. The number of hydrogen-bond donors (Lipinski definition) is 2. The van der Waals surface area contributed by atoms with Crippen molar-refractivity contribution in [2.75, 3.05) is 11.9 Å². The van der Waals surface area contributed by atoms with E-state index in [0.717, 1.165) is 11.4 Å². The lowest BCUT2D eigenvalue weighted by Gasteiger charge is -2.22. The third-order valence-electron chi connectivity index (χ3n) is 4.88. The molecule has 3 nitrogen and oxygen atoms in total. The number of para-hydroxylation sites is 2. The molecule has 0 heterocycles. The van der Waals surface area contributed by atoms with E-state index in [9.17, 15) is 0 Å². The van der Waals surface area contributed by atoms with Crippen LogP contribution >= 0.6 is 12.2 Å². The fourth-order valence-corrected chi connectivity index (χ4v) is 3.78. The molecule has 0 amide bonds. The van der Waals surface area contributed by atoms with Crippen LogP contribution in [0.1, 0.15) is 77.6 Å². The van der Waals surface area contributed by atoms with E-state index in [4.69, 9.17) is 17.0 Å². The van der Waals surface area contributed by atoms with Crippen LogP contribution in [0.2, 0.25) is 0 Å². The van der Waals surface area contributed by atoms with Crippen molar-refractivity contribution in [3.63, 3.8) is 0 Å². The fraction of sp³-hybridized carbons (Fsp3) is 0.667. The van der Waals surface area contributed by atoms with E-state index in [-0.39, 0.29) is 0 Å². The Bertz CT molecular complexity index is 494. The number of ether oxygens (including phenoxy) is 1. The predicted octanol–water partition coefficient (Wildman–Crippen LogP) is 6.05. The van der Waals surface area contributed by atoms with Gasteiger partial charge in [-0.3, -0.25) is 0 Å². The molecule has 1 fully saturated rings. The first-order valence-corrected chi connectivity index (χ1v) is 10.5. The Morgan fingerprint density at radius 3 is 2.12 bits per heavy atom. The third kappa shape index (κ3) is 8.08. The molecule has 1 aromatic carbocycles. The summed E-state index contributed by atoms with van der Waals surface area (Å²) < 4.78 is 5.67. The molecule has 1 aliphatic carbocycles. The van der Waals surface area contributed by atoms with Crippen molar-refractivity contribution >= 4 is 23.0 Å². The molecule has 0 unspecified atom stereocenters. The monoisotopic (exact) mass is 362 g/mol. The molecule has 25 heavy (non-hydrogen) atoms. The van der Waals surface area contributed by atoms with Gasteiger partial charge in [-0.1, -0.05) is 69.9 Å². The van der Waals surface area contributed by atoms with Gasteiger partial charge in [0.05, 0.1) is 12.3 Å². The summed E-state index contributed by atoms with van der Waals surface area (Å²) in [5, 5.41) is 7.59. The lowest BCUT2D eigenvalue weighted by Crippen LogP contribution is -2.37. The van der Waals surface area contributed by atoms with E-state index in [1.807, 2.05) is 31.2 Å². The van der Waals surface area contributed by atoms with Crippen molar-refractivity contribution in [3.8, 4) is 5.75 Å². The van der Waals surface area contributed by atoms with Crippen LogP contribution in [0, 0.1) is 0 Å². The SMILES string of the molecule is CCOc1ccccc1NC(=S)NC1CCCCCCCCCCC1. The zero-order chi connectivity index (χ0) is 17.7. The van der Waals surface area contributed by atoms with Crippen molar-refractivity contribution in [2.45, 2.75) is 83.6 Å². The molecule has 1 aromatic rings. The van der Waals surface area contributed by atoms with E-state index in [1.165, 1.54) is 70.6 Å². The fourth-order valence-electron chi connectivity index (χ4n) is 3.50. The maximum absolute atomic E-state index is 5.67. The van der Waals surface area contributed by atoms with Crippen molar-refractivity contribution in [3.05, 3.63) is 24.3 Å². The topological polar surface area (TPSA) is 33.3 Å². The summed E-state index contributed by atoms with van der Waals surface area (Å²) in [6.07, 6.45) is 14.8. The molecule has 0 radical (unpaired) electrons. The van der Waals surface area contributed by atoms with E-state index >= 15 is 0 Å². The summed E-state index contributed by atoms with van der Waals surface area (Å²) in [4.78, 5) is 0. The predicted molar refractivity (Wildman–Crippen MR) is 112 cm³/mol. The Kier molecular flexibility index (Phi) is 9.71. The minimum absolute atomic E-state index is 0.485. The molecule has 0 bridgehead atoms. The van der Waals surface area contributed by atoms with Crippen LogP contribution in [0.5, 0.6) is 5.75 Å². The van der Waals surface area contributed by atoms with Gasteiger partial charge >= 0.3 is 0 Å². The van der Waals surface area contributed by atoms with E-state index < -0.39 is 0 Å². The number of benzene rings is 1. The zero-order valence-corrected chi connectivity index (χ0v) is 16.5. The highest BCUT2D eigenvalue weighted by Gasteiger charge is 2.12. The Balaban J connectivity index is 1.85. The maximum atomic E-state index is 5.67. The number of thiocarbonyl (C=S) groups is 1. The normalized spacial score (nSPS) is 17.8. The maximum Gasteiger partial charge on any atom is 0.171 e. The molecular weight excluding hydrogens is 328 g/mol. The van der Waals surface area contributed by atoms with Gasteiger partial charge < -0.3 is 15.4 Å². The van der Waals surface area contributed by atoms with E-state index in [2.05, 4.69) is 10.6 Å². The number of anilines is 1. The molecule has 2 N–H and O–H groups in total. The summed E-state index contributed by atoms with van der Waals surface area (Å²) in [5.74, 6) is 0.854. The molecular formula is C21H34N2OS. The van der Waals surface area contributed by atoms with E-state index in [1.54, 1.807) is 0 Å². The highest BCUT2D eigenvalue weighted by Crippen LogP contribution is 2.24. The second kappa shape index (κ2) is 12.1. The van der Waals surface area contributed by atoms with E-state index in [0.29, 0.717) is 17.8 Å². The van der Waals surface area contributed by atoms with Crippen molar-refractivity contribution < 1.29 is 4.74 Å². The Morgan fingerprint density at radius 1 is 0.960 bits per heavy atom. The summed E-state index contributed by atoms with van der Waals surface area (Å²) in [7, 11) is 0. The van der Waals surface area contributed by atoms with Crippen LogP contribution in [-0.2, 0) is 0 Å². The Morgan fingerprint density at radius 2 is 1.52 bits per heavy atom. The van der Waals surface area contributed by atoms with Crippen LogP contribution in [0.4, 0.5) is 5.69 Å². The highest BCUT2D eigenvalue weighted by molar-refractivity contribution is 7.80. The molecule has 4 heteroatoms. The molecule has 1 saturated carbocycles. The quantitative estimate of drug-likeness (QED) is 0.639. The Labute approximate surface area is 158 Å². The summed E-state index contributed by atoms with van der Waals surface area (Å²) in [6.45, 7) is 2.65. The first-order valence-electron chi connectivity index (χ1n) is 10.1. The van der Waals surface area contributed by atoms with Crippen LogP contribution in [0.15, 0.2) is 24.3 Å². The standard InChI is InChI=1S/C21H34N2OS/c1-2-24-20-17-13-12-16-19(20)23-21(25)22-18-14-10-8-6-4-3-5-7-9-11-15-18/h12-13,16-18H,2-11,14-15H2,1H3,(H2,22,23,25).